The molecule has 1 N–H and O–H groups in total. The number of esters is 1. The minimum Gasteiger partial charge on any atom is -0.451 e. The number of nitrogens with one attached hydrogen (secondary N) is 1. The van der Waals surface area contributed by atoms with E-state index in [2.05, 4.69) is 10.3 Å². The molecule has 2 rings (SSSR count). The molecule has 24 heavy (non-hydrogen) atoms. The number of anilines is 1. The molecule has 1 aromatic heterocycles. The Morgan fingerprint density at radius 1 is 1.17 bits per heavy atom. The highest BCUT2D eigenvalue weighted by molar-refractivity contribution is 6.48. The summed E-state index contributed by atoms with van der Waals surface area (Å²) in [6, 6.07) is 7.36. The lowest BCUT2D eigenvalue weighted by atomic mass is 10.1. The molecule has 1 amide bonds. The van der Waals surface area contributed by atoms with Crippen LogP contribution in [0.25, 0.3) is 0 Å². The molecule has 1 heterocycles. The zero-order valence-corrected chi connectivity index (χ0v) is 14.9. The molecular formula is C16H13Cl3N2O3. The van der Waals surface area contributed by atoms with E-state index in [-0.39, 0.29) is 20.8 Å². The number of carbonyl (C=O) groups is 2. The van der Waals surface area contributed by atoms with Crippen LogP contribution < -0.4 is 5.32 Å². The summed E-state index contributed by atoms with van der Waals surface area (Å²) in [4.78, 5) is 27.7. The van der Waals surface area contributed by atoms with Gasteiger partial charge in [-0.25, -0.2) is 9.78 Å². The van der Waals surface area contributed by atoms with Gasteiger partial charge in [-0.2, -0.15) is 0 Å². The molecule has 8 heteroatoms. The summed E-state index contributed by atoms with van der Waals surface area (Å²) in [5.74, 6) is -1.34. The molecule has 0 aliphatic heterocycles. The molecule has 0 saturated carbocycles. The van der Waals surface area contributed by atoms with Crippen LogP contribution in [0.2, 0.25) is 15.1 Å². The number of hydrogen-bond acceptors (Lipinski definition) is 4. The largest absolute Gasteiger partial charge is 0.451 e. The zero-order valence-electron chi connectivity index (χ0n) is 12.6. The Morgan fingerprint density at radius 3 is 2.58 bits per heavy atom. The highest BCUT2D eigenvalue weighted by Gasteiger charge is 2.19. The molecule has 5 nitrogen and oxygen atoms in total. The van der Waals surface area contributed by atoms with Crippen molar-refractivity contribution in [2.75, 3.05) is 11.9 Å². The van der Waals surface area contributed by atoms with Crippen molar-refractivity contribution in [2.24, 2.45) is 0 Å². The van der Waals surface area contributed by atoms with Gasteiger partial charge in [0.15, 0.2) is 12.3 Å². The lowest BCUT2D eigenvalue weighted by molar-refractivity contribution is -0.119. The Bertz CT molecular complexity index is 781. The smallest absolute Gasteiger partial charge is 0.359 e. The lowest BCUT2D eigenvalue weighted by Crippen LogP contribution is -2.22. The van der Waals surface area contributed by atoms with Crippen LogP contribution in [0.4, 0.5) is 5.69 Å². The van der Waals surface area contributed by atoms with E-state index in [1.165, 1.54) is 6.20 Å². The van der Waals surface area contributed by atoms with Crippen molar-refractivity contribution in [1.82, 2.24) is 4.98 Å². The average Bonchev–Trinajstić information content (AvgIpc) is 2.58. The van der Waals surface area contributed by atoms with Gasteiger partial charge < -0.3 is 10.1 Å². The van der Waals surface area contributed by atoms with E-state index in [1.54, 1.807) is 12.1 Å². The van der Waals surface area contributed by atoms with Crippen LogP contribution in [0.15, 0.2) is 30.5 Å². The topological polar surface area (TPSA) is 68.3 Å². The molecule has 0 radical (unpaired) electrons. The maximum atomic E-state index is 12.0. The van der Waals surface area contributed by atoms with Gasteiger partial charge in [0.05, 0.1) is 15.1 Å². The van der Waals surface area contributed by atoms with Crippen molar-refractivity contribution in [3.63, 3.8) is 0 Å². The number of nitrogens with zero attached hydrogens (tertiary/aromatic N) is 1. The van der Waals surface area contributed by atoms with Crippen LogP contribution in [-0.4, -0.2) is 23.5 Å². The molecule has 0 fully saturated rings. The summed E-state index contributed by atoms with van der Waals surface area (Å²) in [5, 5.41) is 2.69. The van der Waals surface area contributed by atoms with E-state index in [0.717, 1.165) is 12.0 Å². The van der Waals surface area contributed by atoms with Gasteiger partial charge in [-0.1, -0.05) is 59.9 Å². The van der Waals surface area contributed by atoms with Gasteiger partial charge >= 0.3 is 5.97 Å². The molecule has 2 aromatic rings. The summed E-state index contributed by atoms with van der Waals surface area (Å²) in [5.41, 5.74) is 1.45. The number of rotatable bonds is 5. The van der Waals surface area contributed by atoms with E-state index in [9.17, 15) is 9.59 Å². The van der Waals surface area contributed by atoms with E-state index in [4.69, 9.17) is 39.5 Å². The summed E-state index contributed by atoms with van der Waals surface area (Å²) in [6.45, 7) is 1.50. The molecule has 0 aliphatic carbocycles. The number of hydrogen-bond donors (Lipinski definition) is 1. The lowest BCUT2D eigenvalue weighted by Gasteiger charge is -2.10. The molecule has 0 atom stereocenters. The van der Waals surface area contributed by atoms with Gasteiger partial charge in [-0.05, 0) is 18.1 Å². The zero-order chi connectivity index (χ0) is 17.7. The molecule has 0 aliphatic rings. The predicted molar refractivity (Wildman–Crippen MR) is 94.0 cm³/mol. The minimum absolute atomic E-state index is 0.00149. The third kappa shape index (κ3) is 4.38. The first kappa shape index (κ1) is 18.5. The van der Waals surface area contributed by atoms with Gasteiger partial charge in [-0.15, -0.1) is 0 Å². The molecule has 0 saturated heterocycles. The fourth-order valence-corrected chi connectivity index (χ4v) is 2.48. The molecule has 0 unspecified atom stereocenters. The number of amides is 1. The van der Waals surface area contributed by atoms with E-state index in [1.807, 2.05) is 19.1 Å². The number of ether oxygens (including phenoxy) is 1. The highest BCUT2D eigenvalue weighted by Crippen LogP contribution is 2.31. The van der Waals surface area contributed by atoms with Crippen LogP contribution in [0, 0.1) is 0 Å². The molecule has 0 bridgehead atoms. The van der Waals surface area contributed by atoms with Crippen molar-refractivity contribution in [3.8, 4) is 0 Å². The van der Waals surface area contributed by atoms with Gasteiger partial charge in [0.1, 0.15) is 0 Å². The Morgan fingerprint density at radius 2 is 1.88 bits per heavy atom. The third-order valence-electron chi connectivity index (χ3n) is 3.12. The number of carbonyl (C=O) groups excluding carboxylic acids is 2. The number of aryl methyl sites for hydroxylation is 1. The molecule has 0 spiro atoms. The van der Waals surface area contributed by atoms with Crippen LogP contribution >= 0.6 is 34.8 Å². The van der Waals surface area contributed by atoms with E-state index < -0.39 is 18.5 Å². The van der Waals surface area contributed by atoms with Crippen LogP contribution in [0.1, 0.15) is 23.0 Å². The van der Waals surface area contributed by atoms with Gasteiger partial charge in [0.2, 0.25) is 0 Å². The fraction of sp³-hybridized carbons (Fsp3) is 0.188. The second kappa shape index (κ2) is 8.33. The Balaban J connectivity index is 1.99. The highest BCUT2D eigenvalue weighted by atomic mass is 35.5. The van der Waals surface area contributed by atoms with E-state index >= 15 is 0 Å². The number of aromatic nitrogens is 1. The standard InChI is InChI=1S/C16H13Cl3N2O3/c1-2-9-5-3-4-6-11(9)21-12(22)8-24-16(23)15-14(19)13(18)10(17)7-20-15/h3-7H,2,8H2,1H3,(H,21,22). The van der Waals surface area contributed by atoms with Crippen LogP contribution in [-0.2, 0) is 16.0 Å². The predicted octanol–water partition coefficient (Wildman–Crippen LogP) is 4.40. The van der Waals surface area contributed by atoms with Crippen molar-refractivity contribution in [2.45, 2.75) is 13.3 Å². The monoisotopic (exact) mass is 386 g/mol. The van der Waals surface area contributed by atoms with Gasteiger partial charge in [-0.3, -0.25) is 4.79 Å². The number of para-hydroxylation sites is 1. The first-order chi connectivity index (χ1) is 11.4. The summed E-state index contributed by atoms with van der Waals surface area (Å²) in [6.07, 6.45) is 1.95. The van der Waals surface area contributed by atoms with Gasteiger partial charge in [0.25, 0.3) is 5.91 Å². The molecule has 1 aromatic carbocycles. The first-order valence-electron chi connectivity index (χ1n) is 6.98. The summed E-state index contributed by atoms with van der Waals surface area (Å²) in [7, 11) is 0. The maximum absolute atomic E-state index is 12.0. The first-order valence-corrected chi connectivity index (χ1v) is 8.11. The summed E-state index contributed by atoms with van der Waals surface area (Å²) >= 11 is 17.5. The quantitative estimate of drug-likeness (QED) is 0.772. The van der Waals surface area contributed by atoms with Crippen molar-refractivity contribution in [3.05, 3.63) is 56.8 Å². The van der Waals surface area contributed by atoms with E-state index in [0.29, 0.717) is 5.69 Å². The Labute approximate surface area is 153 Å². The van der Waals surface area contributed by atoms with Crippen molar-refractivity contribution < 1.29 is 14.3 Å². The van der Waals surface area contributed by atoms with Gasteiger partial charge in [0, 0.05) is 11.9 Å². The molecular weight excluding hydrogens is 375 g/mol. The number of halogens is 3. The normalized spacial score (nSPS) is 10.3. The Hall–Kier alpha value is -1.82. The van der Waals surface area contributed by atoms with Crippen LogP contribution in [0.5, 0.6) is 0 Å². The minimum atomic E-state index is -0.863. The second-order valence-corrected chi connectivity index (χ2v) is 5.88. The summed E-state index contributed by atoms with van der Waals surface area (Å²) < 4.78 is 4.91. The number of pyridine rings is 1. The van der Waals surface area contributed by atoms with Crippen molar-refractivity contribution in [1.29, 1.82) is 0 Å². The van der Waals surface area contributed by atoms with Crippen molar-refractivity contribution >= 4 is 52.4 Å². The average molecular weight is 388 g/mol. The van der Waals surface area contributed by atoms with Crippen LogP contribution in [0.3, 0.4) is 0 Å². The Kier molecular flexibility index (Phi) is 6.43. The fourth-order valence-electron chi connectivity index (χ4n) is 1.92. The second-order valence-electron chi connectivity index (χ2n) is 4.72. The maximum Gasteiger partial charge on any atom is 0.359 e. The SMILES string of the molecule is CCc1ccccc1NC(=O)COC(=O)c1ncc(Cl)c(Cl)c1Cl. The number of benzene rings is 1. The third-order valence-corrected chi connectivity index (χ3v) is 4.36. The molecule has 126 valence electrons.